The number of halogens is 9. The van der Waals surface area contributed by atoms with Crippen molar-refractivity contribution in [2.24, 2.45) is 0 Å². The summed E-state index contributed by atoms with van der Waals surface area (Å²) < 4.78 is 106. The number of alkyl halides is 9. The Morgan fingerprint density at radius 2 is 1.06 bits per heavy atom. The van der Waals surface area contributed by atoms with Gasteiger partial charge in [0.2, 0.25) is 0 Å². The van der Waals surface area contributed by atoms with Crippen LogP contribution in [0.3, 0.4) is 0 Å². The van der Waals surface area contributed by atoms with Crippen LogP contribution in [0.25, 0.3) is 0 Å². The van der Waals surface area contributed by atoms with Gasteiger partial charge in [0.25, 0.3) is 0 Å². The molecule has 0 rings (SSSR count). The summed E-state index contributed by atoms with van der Waals surface area (Å²) in [4.78, 5) is 9.51. The van der Waals surface area contributed by atoms with Gasteiger partial charge in [-0.15, -0.1) is 0 Å². The second kappa shape index (κ2) is 4.60. The first-order valence-electron chi connectivity index (χ1n) is 3.13. The van der Waals surface area contributed by atoms with Crippen molar-refractivity contribution in [3.63, 3.8) is 0 Å². The Hall–Kier alpha value is -0.563. The van der Waals surface area contributed by atoms with Gasteiger partial charge in [0.15, 0.2) is 0 Å². The molecule has 0 heterocycles. The predicted molar refractivity (Wildman–Crippen MR) is 35.7 cm³/mol. The Balaban J connectivity index is 0. The van der Waals surface area contributed by atoms with E-state index in [-0.39, 0.29) is 18.9 Å². The molecule has 0 aromatic rings. The van der Waals surface area contributed by atoms with Gasteiger partial charge in [0.05, 0.1) is 0 Å². The predicted octanol–water partition coefficient (Wildman–Crippen LogP) is 1.89. The molecule has 98 valence electrons. The molecule has 12 heteroatoms. The molecular formula is C5H2F9LiO2. The Labute approximate surface area is 98.9 Å². The van der Waals surface area contributed by atoms with Gasteiger partial charge in [-0.05, 0) is 0 Å². The fourth-order valence-corrected chi connectivity index (χ4v) is 0.509. The fraction of sp³-hybridized carbons (Fsp3) is 0.800. The molecule has 2 nitrogen and oxygen atoms in total. The van der Waals surface area contributed by atoms with Gasteiger partial charge in [0, 0.05) is 0 Å². The first-order valence-corrected chi connectivity index (χ1v) is 3.13. The van der Waals surface area contributed by atoms with Gasteiger partial charge in [-0.1, -0.05) is 0 Å². The minimum atomic E-state index is -7.16. The van der Waals surface area contributed by atoms with Crippen LogP contribution in [0.1, 0.15) is 0 Å². The second-order valence-corrected chi connectivity index (χ2v) is 2.53. The average molecular weight is 272 g/mol. The van der Waals surface area contributed by atoms with E-state index in [0.29, 0.717) is 0 Å². The molecule has 0 unspecified atom stereocenters. The number of hydrogen-bond donors (Lipinski definition) is 1. The van der Waals surface area contributed by atoms with E-state index in [1.54, 1.807) is 0 Å². The summed E-state index contributed by atoms with van der Waals surface area (Å²) in [5, 5.41) is 7.48. The van der Waals surface area contributed by atoms with Crippen molar-refractivity contribution in [3.8, 4) is 0 Å². The number of hydrogen-bond acceptors (Lipinski definition) is 1. The normalized spacial score (nSPS) is 14.2. The summed E-state index contributed by atoms with van der Waals surface area (Å²) in [5.74, 6) is -24.6. The van der Waals surface area contributed by atoms with E-state index in [2.05, 4.69) is 0 Å². The van der Waals surface area contributed by atoms with E-state index in [0.717, 1.165) is 0 Å². The van der Waals surface area contributed by atoms with Crippen LogP contribution < -0.4 is 0 Å². The van der Waals surface area contributed by atoms with Crippen LogP contribution in [0.4, 0.5) is 39.5 Å². The third-order valence-electron chi connectivity index (χ3n) is 1.41. The van der Waals surface area contributed by atoms with Crippen molar-refractivity contribution in [1.29, 1.82) is 0 Å². The van der Waals surface area contributed by atoms with E-state index < -0.39 is 29.9 Å². The minimum absolute atomic E-state index is 0. The summed E-state index contributed by atoms with van der Waals surface area (Å²) in [6.45, 7) is 0. The fourth-order valence-electron chi connectivity index (χ4n) is 0.509. The molecule has 0 saturated carbocycles. The van der Waals surface area contributed by atoms with Crippen molar-refractivity contribution >= 4 is 24.8 Å². The molecule has 1 N–H and O–H groups in total. The summed E-state index contributed by atoms with van der Waals surface area (Å²) in [5.41, 5.74) is 0. The van der Waals surface area contributed by atoms with Crippen LogP contribution in [0, 0.1) is 0 Å². The summed E-state index contributed by atoms with van der Waals surface area (Å²) in [7, 11) is 0. The van der Waals surface area contributed by atoms with Crippen molar-refractivity contribution < 1.29 is 49.4 Å². The van der Waals surface area contributed by atoms with Crippen LogP contribution in [0.5, 0.6) is 0 Å². The number of carboxylic acid groups (broad SMARTS) is 1. The quantitative estimate of drug-likeness (QED) is 0.629. The molecule has 0 aliphatic heterocycles. The van der Waals surface area contributed by atoms with Crippen LogP contribution in [0.15, 0.2) is 0 Å². The molecule has 0 aromatic heterocycles. The summed E-state index contributed by atoms with van der Waals surface area (Å²) in [6.07, 6.45) is -7.00. The zero-order chi connectivity index (χ0) is 13.6. The third kappa shape index (κ3) is 2.65. The number of aliphatic carboxylic acids is 1. The van der Waals surface area contributed by atoms with Crippen molar-refractivity contribution in [2.75, 3.05) is 0 Å². The average Bonchev–Trinajstić information content (AvgIpc) is 2.00. The Morgan fingerprint density at radius 3 is 1.24 bits per heavy atom. The first kappa shape index (κ1) is 18.8. The van der Waals surface area contributed by atoms with Crippen LogP contribution in [0.2, 0.25) is 0 Å². The standard InChI is InChI=1S/C5HF9O2.Li.H/c6-2(7,1(15)16)3(8,9)4(10,11)5(12,13)14;;/h(H,15,16);;. The second-order valence-electron chi connectivity index (χ2n) is 2.53. The maximum atomic E-state index is 12.1. The van der Waals surface area contributed by atoms with Crippen molar-refractivity contribution in [1.82, 2.24) is 0 Å². The molecule has 0 spiro atoms. The molecule has 0 radical (unpaired) electrons. The van der Waals surface area contributed by atoms with Crippen LogP contribution in [-0.4, -0.2) is 53.9 Å². The molecule has 0 saturated heterocycles. The molecule has 0 aromatic carbocycles. The van der Waals surface area contributed by atoms with Gasteiger partial charge < -0.3 is 5.11 Å². The van der Waals surface area contributed by atoms with Crippen LogP contribution >= 0.6 is 0 Å². The first-order chi connectivity index (χ1) is 6.69. The van der Waals surface area contributed by atoms with Gasteiger partial charge >= 0.3 is 48.8 Å². The molecule has 17 heavy (non-hydrogen) atoms. The number of rotatable bonds is 3. The third-order valence-corrected chi connectivity index (χ3v) is 1.41. The Morgan fingerprint density at radius 1 is 0.765 bits per heavy atom. The zero-order valence-electron chi connectivity index (χ0n) is 6.76. The topological polar surface area (TPSA) is 37.3 Å². The molecule has 0 bridgehead atoms. The van der Waals surface area contributed by atoms with Gasteiger partial charge in [-0.3, -0.25) is 0 Å². The van der Waals surface area contributed by atoms with E-state index >= 15 is 0 Å². The van der Waals surface area contributed by atoms with E-state index in [1.807, 2.05) is 0 Å². The van der Waals surface area contributed by atoms with Gasteiger partial charge in [-0.2, -0.15) is 39.5 Å². The van der Waals surface area contributed by atoms with Crippen LogP contribution in [-0.2, 0) is 4.79 Å². The molecule has 0 amide bonds. The molecule has 0 aliphatic rings. The zero-order valence-corrected chi connectivity index (χ0v) is 6.76. The van der Waals surface area contributed by atoms with E-state index in [4.69, 9.17) is 5.11 Å². The molecule has 0 aliphatic carbocycles. The van der Waals surface area contributed by atoms with Gasteiger partial charge in [0.1, 0.15) is 0 Å². The SMILES string of the molecule is O=C(O)C(F)(F)C(F)(F)C(F)(F)C(F)(F)F.[LiH]. The maximum absolute atomic E-state index is 12.1. The Kier molecular flexibility index (Phi) is 5.09. The summed E-state index contributed by atoms with van der Waals surface area (Å²) in [6, 6.07) is 0. The van der Waals surface area contributed by atoms with Gasteiger partial charge in [-0.25, -0.2) is 4.79 Å². The van der Waals surface area contributed by atoms with E-state index in [9.17, 15) is 44.3 Å². The Bertz CT molecular complexity index is 296. The molecule has 0 atom stereocenters. The monoisotopic (exact) mass is 272 g/mol. The summed E-state index contributed by atoms with van der Waals surface area (Å²) >= 11 is 0. The van der Waals surface area contributed by atoms with Crippen molar-refractivity contribution in [3.05, 3.63) is 0 Å². The molecule has 0 fully saturated rings. The van der Waals surface area contributed by atoms with Crippen molar-refractivity contribution in [2.45, 2.75) is 23.9 Å². The van der Waals surface area contributed by atoms with E-state index in [1.165, 1.54) is 0 Å². The number of carboxylic acids is 1. The molecular weight excluding hydrogens is 270 g/mol. The number of carbonyl (C=O) groups is 1.